The second kappa shape index (κ2) is 8.27. The van der Waals surface area contributed by atoms with Gasteiger partial charge in [0.25, 0.3) is 0 Å². The maximum atomic E-state index is 5.61. The SMILES string of the molecule is COc1cc(-c2cnc(N[C@@H](C)c3cccs3)nc2-c2ccco2)nc(OC)n1. The Bertz CT molecular complexity index is 1060. The Balaban J connectivity index is 1.77. The third-order valence-corrected chi connectivity index (χ3v) is 5.26. The number of nitrogens with zero attached hydrogens (tertiary/aromatic N) is 4. The van der Waals surface area contributed by atoms with Gasteiger partial charge in [0, 0.05) is 22.7 Å². The maximum absolute atomic E-state index is 5.61. The summed E-state index contributed by atoms with van der Waals surface area (Å²) in [5.41, 5.74) is 1.85. The lowest BCUT2D eigenvalue weighted by Gasteiger charge is -2.14. The van der Waals surface area contributed by atoms with Gasteiger partial charge in [-0.3, -0.25) is 0 Å². The first-order valence-electron chi connectivity index (χ1n) is 8.86. The molecule has 1 atom stereocenters. The second-order valence-electron chi connectivity index (χ2n) is 6.10. The van der Waals surface area contributed by atoms with Crippen LogP contribution in [0.1, 0.15) is 17.8 Å². The Morgan fingerprint density at radius 1 is 1.10 bits per heavy atom. The molecule has 0 aliphatic rings. The zero-order valence-electron chi connectivity index (χ0n) is 16.1. The van der Waals surface area contributed by atoms with Gasteiger partial charge in [0.1, 0.15) is 5.69 Å². The van der Waals surface area contributed by atoms with Crippen LogP contribution < -0.4 is 14.8 Å². The Hall–Kier alpha value is -3.46. The molecule has 0 spiro atoms. The number of furan rings is 1. The number of aromatic nitrogens is 4. The Labute approximate surface area is 171 Å². The van der Waals surface area contributed by atoms with E-state index in [-0.39, 0.29) is 12.1 Å². The monoisotopic (exact) mass is 409 g/mol. The fourth-order valence-corrected chi connectivity index (χ4v) is 3.51. The quantitative estimate of drug-likeness (QED) is 0.478. The normalized spacial score (nSPS) is 11.8. The van der Waals surface area contributed by atoms with Gasteiger partial charge in [0.05, 0.1) is 32.2 Å². The van der Waals surface area contributed by atoms with Crippen molar-refractivity contribution >= 4 is 17.3 Å². The Morgan fingerprint density at radius 2 is 2.00 bits per heavy atom. The first-order chi connectivity index (χ1) is 14.2. The first-order valence-corrected chi connectivity index (χ1v) is 9.74. The molecule has 0 saturated heterocycles. The number of thiophene rings is 1. The first kappa shape index (κ1) is 18.9. The van der Waals surface area contributed by atoms with E-state index in [4.69, 9.17) is 18.9 Å². The largest absolute Gasteiger partial charge is 0.481 e. The molecule has 148 valence electrons. The van der Waals surface area contributed by atoms with E-state index in [1.807, 2.05) is 23.6 Å². The number of hydrogen-bond acceptors (Lipinski definition) is 9. The number of methoxy groups -OCH3 is 2. The molecule has 4 aromatic heterocycles. The van der Waals surface area contributed by atoms with Gasteiger partial charge in [-0.2, -0.15) is 9.97 Å². The van der Waals surface area contributed by atoms with E-state index in [9.17, 15) is 0 Å². The summed E-state index contributed by atoms with van der Waals surface area (Å²) in [6, 6.07) is 9.71. The molecular weight excluding hydrogens is 390 g/mol. The van der Waals surface area contributed by atoms with Crippen molar-refractivity contribution in [2.45, 2.75) is 13.0 Å². The summed E-state index contributed by atoms with van der Waals surface area (Å²) in [7, 11) is 3.04. The summed E-state index contributed by atoms with van der Waals surface area (Å²) < 4.78 is 16.1. The lowest BCUT2D eigenvalue weighted by molar-refractivity contribution is 0.352. The van der Waals surface area contributed by atoms with Crippen LogP contribution in [0.15, 0.2) is 52.6 Å². The van der Waals surface area contributed by atoms with Crippen molar-refractivity contribution in [1.29, 1.82) is 0 Å². The maximum Gasteiger partial charge on any atom is 0.320 e. The molecule has 0 aliphatic heterocycles. The van der Waals surface area contributed by atoms with Gasteiger partial charge in [0.2, 0.25) is 11.8 Å². The lowest BCUT2D eigenvalue weighted by Crippen LogP contribution is -2.09. The predicted octanol–water partition coefficient (Wildman–Crippen LogP) is 4.45. The number of anilines is 1. The fourth-order valence-electron chi connectivity index (χ4n) is 2.78. The molecule has 0 amide bonds. The molecule has 0 unspecified atom stereocenters. The molecule has 8 nitrogen and oxygen atoms in total. The summed E-state index contributed by atoms with van der Waals surface area (Å²) in [5, 5.41) is 5.38. The van der Waals surface area contributed by atoms with Gasteiger partial charge in [-0.15, -0.1) is 11.3 Å². The molecule has 4 heterocycles. The number of rotatable bonds is 7. The van der Waals surface area contributed by atoms with Gasteiger partial charge in [0.15, 0.2) is 5.76 Å². The summed E-state index contributed by atoms with van der Waals surface area (Å²) in [4.78, 5) is 18.9. The standard InChI is InChI=1S/C20H19N5O3S/c1-12(16-7-5-9-29-16)22-19-21-11-13(18(25-19)15-6-4-8-28-15)14-10-17(26-2)24-20(23-14)27-3/h4-12H,1-3H3,(H,21,22,25)/t12-/m0/s1. The van der Waals surface area contributed by atoms with Crippen molar-refractivity contribution in [3.8, 4) is 34.6 Å². The van der Waals surface area contributed by atoms with Crippen LogP contribution in [0, 0.1) is 0 Å². The van der Waals surface area contributed by atoms with Crippen LogP contribution in [0.2, 0.25) is 0 Å². The predicted molar refractivity (Wildman–Crippen MR) is 110 cm³/mol. The van der Waals surface area contributed by atoms with Crippen LogP contribution in [0.5, 0.6) is 11.9 Å². The third kappa shape index (κ3) is 4.04. The average molecular weight is 409 g/mol. The van der Waals surface area contributed by atoms with Gasteiger partial charge in [-0.1, -0.05) is 6.07 Å². The molecule has 0 radical (unpaired) electrons. The van der Waals surface area contributed by atoms with Crippen LogP contribution in [-0.2, 0) is 0 Å². The molecule has 9 heteroatoms. The molecular formula is C20H19N5O3S. The zero-order valence-corrected chi connectivity index (χ0v) is 16.9. The second-order valence-corrected chi connectivity index (χ2v) is 7.08. The third-order valence-electron chi connectivity index (χ3n) is 4.21. The van der Waals surface area contributed by atoms with E-state index in [0.717, 1.165) is 0 Å². The topological polar surface area (TPSA) is 95.2 Å². The van der Waals surface area contributed by atoms with Crippen molar-refractivity contribution < 1.29 is 13.9 Å². The van der Waals surface area contributed by atoms with E-state index in [1.165, 1.54) is 19.1 Å². The minimum atomic E-state index is 0.0736. The smallest absolute Gasteiger partial charge is 0.320 e. The molecule has 1 N–H and O–H groups in total. The highest BCUT2D eigenvalue weighted by Gasteiger charge is 2.18. The van der Waals surface area contributed by atoms with E-state index < -0.39 is 0 Å². The van der Waals surface area contributed by atoms with Crippen molar-refractivity contribution in [1.82, 2.24) is 19.9 Å². The Morgan fingerprint density at radius 3 is 2.69 bits per heavy atom. The Kier molecular flexibility index (Phi) is 5.39. The van der Waals surface area contributed by atoms with Crippen molar-refractivity contribution in [3.05, 3.63) is 53.0 Å². The molecule has 0 aliphatic carbocycles. The summed E-state index contributed by atoms with van der Waals surface area (Å²) >= 11 is 1.68. The zero-order chi connectivity index (χ0) is 20.2. The van der Waals surface area contributed by atoms with Gasteiger partial charge in [-0.05, 0) is 30.5 Å². The minimum absolute atomic E-state index is 0.0736. The molecule has 0 fully saturated rings. The van der Waals surface area contributed by atoms with Gasteiger partial charge in [-0.25, -0.2) is 9.97 Å². The van der Waals surface area contributed by atoms with Crippen LogP contribution >= 0.6 is 11.3 Å². The van der Waals surface area contributed by atoms with Gasteiger partial charge < -0.3 is 19.2 Å². The lowest BCUT2D eigenvalue weighted by atomic mass is 10.1. The highest BCUT2D eigenvalue weighted by Crippen LogP contribution is 2.33. The number of ether oxygens (including phenoxy) is 2. The van der Waals surface area contributed by atoms with Crippen LogP contribution in [0.3, 0.4) is 0 Å². The molecule has 0 aromatic carbocycles. The van der Waals surface area contributed by atoms with Crippen molar-refractivity contribution in [3.63, 3.8) is 0 Å². The molecule has 0 saturated carbocycles. The summed E-state index contributed by atoms with van der Waals surface area (Å²) in [5.74, 6) is 1.48. The molecule has 4 aromatic rings. The van der Waals surface area contributed by atoms with E-state index >= 15 is 0 Å². The van der Waals surface area contributed by atoms with Crippen molar-refractivity contribution in [2.75, 3.05) is 19.5 Å². The molecule has 29 heavy (non-hydrogen) atoms. The molecule has 4 rings (SSSR count). The van der Waals surface area contributed by atoms with Crippen LogP contribution in [-0.4, -0.2) is 34.2 Å². The van der Waals surface area contributed by atoms with Crippen LogP contribution in [0.25, 0.3) is 22.7 Å². The van der Waals surface area contributed by atoms with E-state index in [0.29, 0.717) is 34.5 Å². The highest BCUT2D eigenvalue weighted by atomic mass is 32.1. The molecule has 0 bridgehead atoms. The summed E-state index contributed by atoms with van der Waals surface area (Å²) in [6.45, 7) is 2.07. The number of nitrogens with one attached hydrogen (secondary N) is 1. The number of hydrogen-bond donors (Lipinski definition) is 1. The summed E-state index contributed by atoms with van der Waals surface area (Å²) in [6.07, 6.45) is 3.30. The van der Waals surface area contributed by atoms with E-state index in [2.05, 4.69) is 33.3 Å². The van der Waals surface area contributed by atoms with Crippen LogP contribution in [0.4, 0.5) is 5.95 Å². The highest BCUT2D eigenvalue weighted by molar-refractivity contribution is 7.10. The van der Waals surface area contributed by atoms with E-state index in [1.54, 1.807) is 29.9 Å². The van der Waals surface area contributed by atoms with Crippen molar-refractivity contribution in [2.24, 2.45) is 0 Å². The minimum Gasteiger partial charge on any atom is -0.481 e. The fraction of sp³-hybridized carbons (Fsp3) is 0.200. The van der Waals surface area contributed by atoms with Gasteiger partial charge >= 0.3 is 6.01 Å². The average Bonchev–Trinajstić information content (AvgIpc) is 3.47.